The molecule has 0 bridgehead atoms. The maximum atomic E-state index is 12.9. The number of hydrogen-bond donors (Lipinski definition) is 3. The molecule has 0 aliphatic carbocycles. The number of hydrogen-bond acceptors (Lipinski definition) is 5. The van der Waals surface area contributed by atoms with Crippen molar-refractivity contribution in [3.8, 4) is 11.5 Å². The average molecular weight is 526 g/mol. The minimum atomic E-state index is -0.421. The summed E-state index contributed by atoms with van der Waals surface area (Å²) in [4.78, 5) is 25.6. The molecule has 192 valence electrons. The van der Waals surface area contributed by atoms with E-state index in [0.29, 0.717) is 34.9 Å². The Balaban J connectivity index is 1.31. The highest BCUT2D eigenvalue weighted by Crippen LogP contribution is 2.19. The largest absolute Gasteiger partial charge is 0.490 e. The molecule has 4 aromatic carbocycles. The van der Waals surface area contributed by atoms with Crippen LogP contribution in [0.25, 0.3) is 0 Å². The SMILES string of the molecule is Cc1cccc(NC(=O)c2cccc(NC(=S)NC(=O)c3ccccc3OCCOc3ccccc3)c2)c1. The van der Waals surface area contributed by atoms with Crippen molar-refractivity contribution >= 4 is 40.5 Å². The number of benzene rings is 4. The van der Waals surface area contributed by atoms with Gasteiger partial charge in [-0.15, -0.1) is 0 Å². The van der Waals surface area contributed by atoms with E-state index < -0.39 is 5.91 Å². The van der Waals surface area contributed by atoms with Gasteiger partial charge in [-0.2, -0.15) is 0 Å². The van der Waals surface area contributed by atoms with E-state index in [9.17, 15) is 9.59 Å². The molecule has 0 heterocycles. The molecule has 0 spiro atoms. The summed E-state index contributed by atoms with van der Waals surface area (Å²) in [5.41, 5.74) is 3.11. The fraction of sp³-hybridized carbons (Fsp3) is 0.100. The van der Waals surface area contributed by atoms with Crippen molar-refractivity contribution in [2.45, 2.75) is 6.92 Å². The standard InChI is InChI=1S/C30H27N3O4S/c1-21-9-7-11-23(19-21)31-28(34)22-10-8-12-24(20-22)32-30(38)33-29(35)26-15-5-6-16-27(26)37-18-17-36-25-13-3-2-4-14-25/h2-16,19-20H,17-18H2,1H3,(H,31,34)(H2,32,33,35,38). The molecule has 4 aromatic rings. The van der Waals surface area contributed by atoms with Gasteiger partial charge < -0.3 is 20.1 Å². The van der Waals surface area contributed by atoms with E-state index in [4.69, 9.17) is 21.7 Å². The van der Waals surface area contributed by atoms with Crippen LogP contribution in [0, 0.1) is 6.92 Å². The van der Waals surface area contributed by atoms with Crippen LogP contribution in [0.5, 0.6) is 11.5 Å². The Morgan fingerprint density at radius 3 is 2.18 bits per heavy atom. The molecule has 0 aromatic heterocycles. The van der Waals surface area contributed by atoms with E-state index in [1.807, 2.05) is 61.5 Å². The Labute approximate surface area is 226 Å². The van der Waals surface area contributed by atoms with Gasteiger partial charge in [0.05, 0.1) is 5.56 Å². The van der Waals surface area contributed by atoms with E-state index in [-0.39, 0.29) is 17.6 Å². The van der Waals surface area contributed by atoms with Crippen LogP contribution in [-0.4, -0.2) is 30.1 Å². The Bertz CT molecular complexity index is 1430. The van der Waals surface area contributed by atoms with Gasteiger partial charge in [-0.1, -0.05) is 48.5 Å². The van der Waals surface area contributed by atoms with E-state index in [2.05, 4.69) is 16.0 Å². The molecule has 38 heavy (non-hydrogen) atoms. The molecule has 3 N–H and O–H groups in total. The first-order chi connectivity index (χ1) is 18.5. The molecule has 8 heteroatoms. The number of amides is 2. The van der Waals surface area contributed by atoms with Crippen molar-refractivity contribution in [3.05, 3.63) is 120 Å². The highest BCUT2D eigenvalue weighted by atomic mass is 32.1. The summed E-state index contributed by atoms with van der Waals surface area (Å²) >= 11 is 5.34. The molecule has 7 nitrogen and oxygen atoms in total. The molecule has 0 saturated heterocycles. The van der Waals surface area contributed by atoms with Crippen molar-refractivity contribution in [3.63, 3.8) is 0 Å². The topological polar surface area (TPSA) is 88.7 Å². The third-order valence-electron chi connectivity index (χ3n) is 5.37. The molecular formula is C30H27N3O4S. The minimum Gasteiger partial charge on any atom is -0.490 e. The first kappa shape index (κ1) is 26.4. The van der Waals surface area contributed by atoms with Gasteiger partial charge in [0, 0.05) is 16.9 Å². The number of thiocarbonyl (C=S) groups is 1. The Hall–Kier alpha value is -4.69. The molecular weight excluding hydrogens is 498 g/mol. The normalized spacial score (nSPS) is 10.2. The second-order valence-electron chi connectivity index (χ2n) is 8.32. The lowest BCUT2D eigenvalue weighted by Gasteiger charge is -2.14. The summed E-state index contributed by atoms with van der Waals surface area (Å²) in [7, 11) is 0. The number of carbonyl (C=O) groups is 2. The molecule has 4 rings (SSSR count). The third-order valence-corrected chi connectivity index (χ3v) is 5.57. The van der Waals surface area contributed by atoms with Crippen LogP contribution < -0.4 is 25.4 Å². The summed E-state index contributed by atoms with van der Waals surface area (Å²) in [6.45, 7) is 2.55. The predicted molar refractivity (Wildman–Crippen MR) is 153 cm³/mol. The monoisotopic (exact) mass is 525 g/mol. The van der Waals surface area contributed by atoms with Crippen LogP contribution in [0.2, 0.25) is 0 Å². The fourth-order valence-corrected chi connectivity index (χ4v) is 3.82. The molecule has 0 saturated carbocycles. The summed E-state index contributed by atoms with van der Waals surface area (Å²) in [6, 6.07) is 30.7. The fourth-order valence-electron chi connectivity index (χ4n) is 3.61. The van der Waals surface area contributed by atoms with Gasteiger partial charge >= 0.3 is 0 Å². The lowest BCUT2D eigenvalue weighted by molar-refractivity contribution is 0.0971. The van der Waals surface area contributed by atoms with E-state index in [0.717, 1.165) is 11.3 Å². The van der Waals surface area contributed by atoms with Gasteiger partial charge in [-0.3, -0.25) is 14.9 Å². The van der Waals surface area contributed by atoms with Gasteiger partial charge in [0.15, 0.2) is 5.11 Å². The Kier molecular flexibility index (Phi) is 9.04. The summed E-state index contributed by atoms with van der Waals surface area (Å²) in [5.74, 6) is 0.487. The van der Waals surface area contributed by atoms with E-state index in [1.165, 1.54) is 0 Å². The maximum Gasteiger partial charge on any atom is 0.261 e. The first-order valence-electron chi connectivity index (χ1n) is 12.0. The van der Waals surface area contributed by atoms with E-state index >= 15 is 0 Å². The second kappa shape index (κ2) is 13.0. The molecule has 0 aliphatic heterocycles. The Morgan fingerprint density at radius 2 is 1.39 bits per heavy atom. The zero-order chi connectivity index (χ0) is 26.7. The number of para-hydroxylation sites is 2. The lowest BCUT2D eigenvalue weighted by Crippen LogP contribution is -2.34. The first-order valence-corrected chi connectivity index (χ1v) is 12.4. The number of nitrogens with one attached hydrogen (secondary N) is 3. The quantitative estimate of drug-likeness (QED) is 0.188. The highest BCUT2D eigenvalue weighted by Gasteiger charge is 2.14. The van der Waals surface area contributed by atoms with Crippen LogP contribution in [0.1, 0.15) is 26.3 Å². The zero-order valence-corrected chi connectivity index (χ0v) is 21.6. The van der Waals surface area contributed by atoms with Crippen LogP contribution >= 0.6 is 12.2 Å². The second-order valence-corrected chi connectivity index (χ2v) is 8.73. The molecule has 2 amide bonds. The number of rotatable bonds is 9. The van der Waals surface area contributed by atoms with Crippen LogP contribution in [-0.2, 0) is 0 Å². The van der Waals surface area contributed by atoms with Crippen molar-refractivity contribution in [1.82, 2.24) is 5.32 Å². The molecule has 0 unspecified atom stereocenters. The van der Waals surface area contributed by atoms with Crippen molar-refractivity contribution in [2.75, 3.05) is 23.8 Å². The maximum absolute atomic E-state index is 12.9. The molecule has 0 radical (unpaired) electrons. The van der Waals surface area contributed by atoms with Gasteiger partial charge in [-0.25, -0.2) is 0 Å². The number of aryl methyl sites for hydroxylation is 1. The highest BCUT2D eigenvalue weighted by molar-refractivity contribution is 7.80. The third kappa shape index (κ3) is 7.65. The van der Waals surface area contributed by atoms with Crippen molar-refractivity contribution in [1.29, 1.82) is 0 Å². The van der Waals surface area contributed by atoms with Crippen molar-refractivity contribution in [2.24, 2.45) is 0 Å². The number of carbonyl (C=O) groups excluding carboxylic acids is 2. The molecule has 0 aliphatic rings. The minimum absolute atomic E-state index is 0.0912. The number of ether oxygens (including phenoxy) is 2. The number of anilines is 2. The van der Waals surface area contributed by atoms with Gasteiger partial charge in [0.25, 0.3) is 11.8 Å². The van der Waals surface area contributed by atoms with Gasteiger partial charge in [0.2, 0.25) is 0 Å². The zero-order valence-electron chi connectivity index (χ0n) is 20.8. The molecule has 0 fully saturated rings. The van der Waals surface area contributed by atoms with Crippen LogP contribution in [0.4, 0.5) is 11.4 Å². The average Bonchev–Trinajstić information content (AvgIpc) is 2.92. The predicted octanol–water partition coefficient (Wildman–Crippen LogP) is 5.83. The summed E-state index contributed by atoms with van der Waals surface area (Å²) in [5, 5.41) is 8.59. The van der Waals surface area contributed by atoms with Gasteiger partial charge in [0.1, 0.15) is 24.7 Å². The Morgan fingerprint density at radius 1 is 0.711 bits per heavy atom. The summed E-state index contributed by atoms with van der Waals surface area (Å²) < 4.78 is 11.4. The molecule has 0 atom stereocenters. The smallest absolute Gasteiger partial charge is 0.261 e. The lowest BCUT2D eigenvalue weighted by atomic mass is 10.1. The van der Waals surface area contributed by atoms with E-state index in [1.54, 1.807) is 48.5 Å². The van der Waals surface area contributed by atoms with Crippen LogP contribution in [0.3, 0.4) is 0 Å². The summed E-state index contributed by atoms with van der Waals surface area (Å²) in [6.07, 6.45) is 0. The van der Waals surface area contributed by atoms with Crippen LogP contribution in [0.15, 0.2) is 103 Å². The van der Waals surface area contributed by atoms with Gasteiger partial charge in [-0.05, 0) is 79.3 Å². The van der Waals surface area contributed by atoms with Crippen molar-refractivity contribution < 1.29 is 19.1 Å².